The lowest BCUT2D eigenvalue weighted by molar-refractivity contribution is -0.129. The first-order valence-electron chi connectivity index (χ1n) is 8.17. The van der Waals surface area contributed by atoms with E-state index in [2.05, 4.69) is 20.4 Å². The molecule has 2 heterocycles. The quantitative estimate of drug-likeness (QED) is 0.700. The first kappa shape index (κ1) is 17.5. The third kappa shape index (κ3) is 3.85. The largest absolute Gasteiger partial charge is 0.447 e. The second kappa shape index (κ2) is 7.30. The number of aryl methyl sites for hydroxylation is 2. The summed E-state index contributed by atoms with van der Waals surface area (Å²) >= 11 is 0. The fourth-order valence-electron chi connectivity index (χ4n) is 2.45. The predicted octanol–water partition coefficient (Wildman–Crippen LogP) is 1.60. The van der Waals surface area contributed by atoms with E-state index in [0.29, 0.717) is 12.3 Å². The maximum Gasteiger partial charge on any atom is 0.379 e. The first-order chi connectivity index (χ1) is 12.4. The molecule has 1 amide bonds. The van der Waals surface area contributed by atoms with E-state index in [0.717, 1.165) is 17.0 Å². The lowest BCUT2D eigenvalue weighted by atomic mass is 10.2. The molecule has 3 aromatic rings. The molecule has 1 N–H and O–H groups in total. The monoisotopic (exact) mass is 353 g/mol. The Bertz CT molecular complexity index is 952. The number of amides is 1. The summed E-state index contributed by atoms with van der Waals surface area (Å²) in [5, 5.41) is 6.82. The minimum atomic E-state index is -0.964. The minimum Gasteiger partial charge on any atom is -0.447 e. The highest BCUT2D eigenvalue weighted by atomic mass is 16.5. The standard InChI is InChI=1S/C18H19N5O3/c1-11-9-12(2)23-18(20-11)21-15(22-23)17(25)26-13(3)16(24)19-10-14-7-5-4-6-8-14/h4-9,13H,10H2,1-3H3,(H,19,24). The summed E-state index contributed by atoms with van der Waals surface area (Å²) in [6, 6.07) is 11.3. The molecule has 26 heavy (non-hydrogen) atoms. The maximum atomic E-state index is 12.2. The van der Waals surface area contributed by atoms with Gasteiger partial charge in [-0.15, -0.1) is 5.10 Å². The van der Waals surface area contributed by atoms with E-state index < -0.39 is 18.0 Å². The van der Waals surface area contributed by atoms with Gasteiger partial charge in [0.2, 0.25) is 0 Å². The van der Waals surface area contributed by atoms with Crippen LogP contribution in [-0.4, -0.2) is 37.6 Å². The van der Waals surface area contributed by atoms with Gasteiger partial charge in [-0.2, -0.15) is 4.98 Å². The van der Waals surface area contributed by atoms with Crippen molar-refractivity contribution in [2.75, 3.05) is 0 Å². The second-order valence-corrected chi connectivity index (χ2v) is 5.94. The SMILES string of the molecule is Cc1cc(C)n2nc(C(=O)OC(C)C(=O)NCc3ccccc3)nc2n1. The molecule has 0 saturated heterocycles. The summed E-state index contributed by atoms with van der Waals surface area (Å²) in [6.45, 7) is 5.53. The number of fused-ring (bicyclic) bond motifs is 1. The second-order valence-electron chi connectivity index (χ2n) is 5.94. The number of hydrogen-bond acceptors (Lipinski definition) is 6. The Labute approximate surface area is 150 Å². The molecule has 3 rings (SSSR count). The molecule has 1 aromatic carbocycles. The number of rotatable bonds is 5. The van der Waals surface area contributed by atoms with Crippen molar-refractivity contribution in [1.29, 1.82) is 0 Å². The van der Waals surface area contributed by atoms with Gasteiger partial charge >= 0.3 is 5.97 Å². The molecule has 0 bridgehead atoms. The lowest BCUT2D eigenvalue weighted by Gasteiger charge is -2.12. The fourth-order valence-corrected chi connectivity index (χ4v) is 2.45. The van der Waals surface area contributed by atoms with Gasteiger partial charge in [0.1, 0.15) is 0 Å². The van der Waals surface area contributed by atoms with Crippen molar-refractivity contribution in [1.82, 2.24) is 24.9 Å². The molecule has 0 radical (unpaired) electrons. The number of nitrogens with zero attached hydrogens (tertiary/aromatic N) is 4. The van der Waals surface area contributed by atoms with Gasteiger partial charge < -0.3 is 10.1 Å². The van der Waals surface area contributed by atoms with Gasteiger partial charge in [-0.25, -0.2) is 14.3 Å². The van der Waals surface area contributed by atoms with Crippen LogP contribution in [0.2, 0.25) is 0 Å². The normalized spacial score (nSPS) is 12.0. The van der Waals surface area contributed by atoms with Crippen LogP contribution in [0, 0.1) is 13.8 Å². The predicted molar refractivity (Wildman–Crippen MR) is 93.4 cm³/mol. The van der Waals surface area contributed by atoms with E-state index in [9.17, 15) is 9.59 Å². The van der Waals surface area contributed by atoms with E-state index in [4.69, 9.17) is 4.74 Å². The molecule has 0 fully saturated rings. The van der Waals surface area contributed by atoms with Crippen molar-refractivity contribution in [3.63, 3.8) is 0 Å². The highest BCUT2D eigenvalue weighted by Gasteiger charge is 2.22. The Hall–Kier alpha value is -3.29. The molecule has 1 atom stereocenters. The number of benzene rings is 1. The van der Waals surface area contributed by atoms with Crippen molar-refractivity contribution in [2.45, 2.75) is 33.4 Å². The van der Waals surface area contributed by atoms with Gasteiger partial charge in [0.15, 0.2) is 6.10 Å². The van der Waals surface area contributed by atoms with Gasteiger partial charge in [-0.05, 0) is 32.4 Å². The van der Waals surface area contributed by atoms with Crippen LogP contribution >= 0.6 is 0 Å². The van der Waals surface area contributed by atoms with Gasteiger partial charge in [0.25, 0.3) is 17.5 Å². The Balaban J connectivity index is 1.63. The molecule has 8 heteroatoms. The van der Waals surface area contributed by atoms with Crippen molar-refractivity contribution >= 4 is 17.7 Å². The van der Waals surface area contributed by atoms with Gasteiger partial charge in [0.05, 0.1) is 0 Å². The minimum absolute atomic E-state index is 0.131. The van der Waals surface area contributed by atoms with Crippen molar-refractivity contribution < 1.29 is 14.3 Å². The molecular formula is C18H19N5O3. The molecule has 1 unspecified atom stereocenters. The van der Waals surface area contributed by atoms with Crippen LogP contribution < -0.4 is 5.32 Å². The molecule has 134 valence electrons. The summed E-state index contributed by atoms with van der Waals surface area (Å²) in [5.41, 5.74) is 2.53. The number of ether oxygens (including phenoxy) is 1. The van der Waals surface area contributed by atoms with Gasteiger partial charge in [0, 0.05) is 17.9 Å². The number of carbonyl (C=O) groups is 2. The molecule has 0 aliphatic rings. The Morgan fingerprint density at radius 2 is 1.92 bits per heavy atom. The number of aromatic nitrogens is 4. The van der Waals surface area contributed by atoms with Crippen molar-refractivity contribution in [3.05, 3.63) is 59.2 Å². The van der Waals surface area contributed by atoms with E-state index in [1.165, 1.54) is 11.4 Å². The van der Waals surface area contributed by atoms with Crippen LogP contribution in [0.5, 0.6) is 0 Å². The Morgan fingerprint density at radius 3 is 2.65 bits per heavy atom. The van der Waals surface area contributed by atoms with E-state index in [-0.39, 0.29) is 5.82 Å². The zero-order valence-corrected chi connectivity index (χ0v) is 14.8. The number of hydrogen-bond donors (Lipinski definition) is 1. The average molecular weight is 353 g/mol. The molecule has 0 aliphatic carbocycles. The zero-order chi connectivity index (χ0) is 18.7. The summed E-state index contributed by atoms with van der Waals surface area (Å²) < 4.78 is 6.63. The first-order valence-corrected chi connectivity index (χ1v) is 8.17. The molecule has 0 spiro atoms. The maximum absolute atomic E-state index is 12.2. The Morgan fingerprint density at radius 1 is 1.19 bits per heavy atom. The number of esters is 1. The van der Waals surface area contributed by atoms with E-state index in [1.807, 2.05) is 50.2 Å². The fraction of sp³-hybridized carbons (Fsp3) is 0.278. The van der Waals surface area contributed by atoms with Crippen LogP contribution in [0.3, 0.4) is 0 Å². The lowest BCUT2D eigenvalue weighted by Crippen LogP contribution is -2.35. The number of nitrogens with one attached hydrogen (secondary N) is 1. The van der Waals surface area contributed by atoms with Crippen molar-refractivity contribution in [2.24, 2.45) is 0 Å². The van der Waals surface area contributed by atoms with Crippen LogP contribution in [0.1, 0.15) is 34.5 Å². The molecular weight excluding hydrogens is 334 g/mol. The van der Waals surface area contributed by atoms with Crippen LogP contribution in [-0.2, 0) is 16.1 Å². The van der Waals surface area contributed by atoms with Gasteiger partial charge in [-0.1, -0.05) is 30.3 Å². The highest BCUT2D eigenvalue weighted by molar-refractivity contribution is 5.89. The molecule has 0 saturated carbocycles. The topological polar surface area (TPSA) is 98.5 Å². The van der Waals surface area contributed by atoms with Crippen LogP contribution in [0.25, 0.3) is 5.78 Å². The summed E-state index contributed by atoms with van der Waals surface area (Å²) in [5.74, 6) is -0.976. The zero-order valence-electron chi connectivity index (χ0n) is 14.8. The molecule has 0 aliphatic heterocycles. The number of carbonyl (C=O) groups excluding carboxylic acids is 2. The van der Waals surface area contributed by atoms with Crippen molar-refractivity contribution in [3.8, 4) is 0 Å². The smallest absolute Gasteiger partial charge is 0.379 e. The van der Waals surface area contributed by atoms with Crippen LogP contribution in [0.15, 0.2) is 36.4 Å². The summed E-state index contributed by atoms with van der Waals surface area (Å²) in [7, 11) is 0. The highest BCUT2D eigenvalue weighted by Crippen LogP contribution is 2.07. The average Bonchev–Trinajstić information content (AvgIpc) is 3.05. The van der Waals surface area contributed by atoms with Crippen LogP contribution in [0.4, 0.5) is 0 Å². The third-order valence-electron chi connectivity index (χ3n) is 3.76. The third-order valence-corrected chi connectivity index (χ3v) is 3.76. The summed E-state index contributed by atoms with van der Waals surface area (Å²) in [4.78, 5) is 32.6. The van der Waals surface area contributed by atoms with E-state index in [1.54, 1.807) is 0 Å². The molecule has 2 aromatic heterocycles. The molecule has 8 nitrogen and oxygen atoms in total. The van der Waals surface area contributed by atoms with Gasteiger partial charge in [-0.3, -0.25) is 4.79 Å². The van der Waals surface area contributed by atoms with E-state index >= 15 is 0 Å². The Kier molecular flexibility index (Phi) is 4.92. The summed E-state index contributed by atoms with van der Waals surface area (Å²) in [6.07, 6.45) is -0.964.